The maximum atomic E-state index is 12.9. The third-order valence-electron chi connectivity index (χ3n) is 11.2. The fourth-order valence-corrected chi connectivity index (χ4v) is 26.6. The van der Waals surface area contributed by atoms with E-state index in [1.54, 1.807) is 0 Å². The Balaban J connectivity index is 1.36. The zero-order valence-corrected chi connectivity index (χ0v) is 37.4. The molecule has 8 rings (SSSR count). The molecule has 0 bridgehead atoms. The van der Waals surface area contributed by atoms with Gasteiger partial charge in [-0.2, -0.15) is 0 Å². The molecule has 8 aromatic rings. The van der Waals surface area contributed by atoms with E-state index in [9.17, 15) is 4.80 Å². The van der Waals surface area contributed by atoms with Crippen LogP contribution in [0.4, 0.5) is 0 Å². The summed E-state index contributed by atoms with van der Waals surface area (Å²) in [6, 6.07) is 58.8. The van der Waals surface area contributed by atoms with Gasteiger partial charge in [-0.3, -0.25) is 0 Å². The summed E-state index contributed by atoms with van der Waals surface area (Å²) in [5.41, 5.74) is 0. The molecule has 0 amide bonds. The molecule has 0 radical (unpaired) electrons. The highest BCUT2D eigenvalue weighted by Crippen LogP contribution is 2.31. The second-order valence-electron chi connectivity index (χ2n) is 15.4. The van der Waals surface area contributed by atoms with Crippen molar-refractivity contribution in [2.45, 2.75) is 46.0 Å². The molecule has 0 aliphatic carbocycles. The Morgan fingerprint density at radius 1 is 0.386 bits per heavy atom. The molecule has 5 nitrogen and oxygen atoms in total. The van der Waals surface area contributed by atoms with Crippen LogP contribution in [-0.4, -0.2) is 45.6 Å². The van der Waals surface area contributed by atoms with Crippen molar-refractivity contribution in [2.24, 2.45) is 0 Å². The normalized spacial score (nSPS) is 16.2. The number of unbranched alkanes of at least 4 members (excludes halogenated alkanes) is 1. The predicted octanol–water partition coefficient (Wildman–Crippen LogP) is 9.37. The summed E-state index contributed by atoms with van der Waals surface area (Å²) in [4.78, 5) is 12.9. The average Bonchev–Trinajstić information content (AvgIpc) is 3.22. The molecule has 4 unspecified atom stereocenters. The summed E-state index contributed by atoms with van der Waals surface area (Å²) in [5.74, 6) is 0. The maximum Gasteiger partial charge on any atom is 0.361 e. The van der Waals surface area contributed by atoms with Gasteiger partial charge < -0.3 is 21.6 Å². The monoisotopic (exact) mass is 818 g/mol. The Bertz CT molecular complexity index is 2680. The van der Waals surface area contributed by atoms with Crippen molar-refractivity contribution in [1.29, 1.82) is 0 Å². The van der Waals surface area contributed by atoms with E-state index < -0.39 is 34.2 Å². The molecule has 0 aromatic heterocycles. The van der Waals surface area contributed by atoms with Crippen LogP contribution in [0.1, 0.15) is 19.8 Å². The van der Waals surface area contributed by atoms with Gasteiger partial charge in [0.1, 0.15) is 0 Å². The Morgan fingerprint density at radius 3 is 1.12 bits per heavy atom. The van der Waals surface area contributed by atoms with E-state index in [0.717, 1.165) is 76.7 Å². The number of benzene rings is 8. The highest BCUT2D eigenvalue weighted by atomic mass is 28.5. The van der Waals surface area contributed by atoms with E-state index >= 15 is 0 Å². The van der Waals surface area contributed by atoms with Gasteiger partial charge in [0.05, 0.1) is 0 Å². The van der Waals surface area contributed by atoms with Crippen LogP contribution in [0.25, 0.3) is 43.1 Å². The van der Waals surface area contributed by atoms with E-state index in [-0.39, 0.29) is 0 Å². The van der Waals surface area contributed by atoms with Crippen molar-refractivity contribution in [3.05, 3.63) is 170 Å². The molecule has 9 heteroatoms. The number of hydrogen-bond donors (Lipinski definition) is 1. The minimum atomic E-state index is -3.71. The zero-order valence-electron chi connectivity index (χ0n) is 33.4. The lowest BCUT2D eigenvalue weighted by Crippen LogP contribution is -2.71. The Kier molecular flexibility index (Phi) is 11.0. The summed E-state index contributed by atoms with van der Waals surface area (Å²) in [5, 5.41) is 12.5. The van der Waals surface area contributed by atoms with Crippen LogP contribution < -0.4 is 20.7 Å². The summed E-state index contributed by atoms with van der Waals surface area (Å²) in [7, 11) is -14.3. The standard InChI is InChI=1S/C48H50O5Si4/c1-6-7-36-50-55(3,46-33-17-25-38-21-9-13-29-42(38)46)52-57(5,48-35-19-27-40-23-11-15-31-44(40)48)53-56(4,47-34-18-26-39-22-10-14-30-43(39)47)51-54(2,49)45-32-16-24-37-20-8-12-28-41(37)45/h8-35,49H,6-7,36H2,1-5H3. The van der Waals surface area contributed by atoms with Crippen LogP contribution >= 0.6 is 0 Å². The van der Waals surface area contributed by atoms with Gasteiger partial charge in [0.15, 0.2) is 0 Å². The molecule has 288 valence electrons. The molecule has 0 aliphatic heterocycles. The third-order valence-corrected chi connectivity index (χ3v) is 27.0. The van der Waals surface area contributed by atoms with Gasteiger partial charge in [-0.25, -0.2) is 0 Å². The van der Waals surface area contributed by atoms with Crippen LogP contribution in [0.2, 0.25) is 26.2 Å². The van der Waals surface area contributed by atoms with Gasteiger partial charge in [0, 0.05) is 27.4 Å². The van der Waals surface area contributed by atoms with Crippen molar-refractivity contribution >= 4 is 98.1 Å². The lowest BCUT2D eigenvalue weighted by molar-refractivity contribution is 0.228. The summed E-state index contributed by atoms with van der Waals surface area (Å²) < 4.78 is 30.5. The van der Waals surface area contributed by atoms with Crippen LogP contribution in [0, 0.1) is 0 Å². The first-order valence-electron chi connectivity index (χ1n) is 19.9. The molecule has 0 aliphatic rings. The van der Waals surface area contributed by atoms with Crippen molar-refractivity contribution in [3.63, 3.8) is 0 Å². The van der Waals surface area contributed by atoms with Gasteiger partial charge in [-0.1, -0.05) is 183 Å². The molecule has 4 atom stereocenters. The summed E-state index contributed by atoms with van der Waals surface area (Å²) >= 11 is 0. The van der Waals surface area contributed by atoms with E-state index in [2.05, 4.69) is 172 Å². The predicted molar refractivity (Wildman–Crippen MR) is 247 cm³/mol. The summed E-state index contributed by atoms with van der Waals surface area (Å²) in [6.45, 7) is 11.1. The minimum absolute atomic E-state index is 0.569. The fourth-order valence-electron chi connectivity index (χ4n) is 8.51. The molecule has 1 N–H and O–H groups in total. The highest BCUT2D eigenvalue weighted by Gasteiger charge is 2.55. The zero-order chi connectivity index (χ0) is 39.7. The van der Waals surface area contributed by atoms with Gasteiger partial charge in [-0.15, -0.1) is 0 Å². The van der Waals surface area contributed by atoms with Crippen LogP contribution in [0.15, 0.2) is 170 Å². The first kappa shape index (κ1) is 39.3. The number of hydrogen-bond acceptors (Lipinski definition) is 5. The van der Waals surface area contributed by atoms with E-state index in [0.29, 0.717) is 6.61 Å². The maximum absolute atomic E-state index is 12.9. The van der Waals surface area contributed by atoms with Crippen LogP contribution in [0.5, 0.6) is 0 Å². The van der Waals surface area contributed by atoms with Crippen LogP contribution in [-0.2, 0) is 16.8 Å². The third kappa shape index (κ3) is 7.75. The second kappa shape index (κ2) is 16.0. The van der Waals surface area contributed by atoms with Crippen molar-refractivity contribution in [3.8, 4) is 0 Å². The Labute approximate surface area is 340 Å². The summed E-state index contributed by atoms with van der Waals surface area (Å²) in [6.07, 6.45) is 1.91. The van der Waals surface area contributed by atoms with E-state index in [1.165, 1.54) is 0 Å². The Morgan fingerprint density at radius 2 is 0.702 bits per heavy atom. The lowest BCUT2D eigenvalue weighted by Gasteiger charge is -2.44. The van der Waals surface area contributed by atoms with Gasteiger partial charge >= 0.3 is 34.2 Å². The molecule has 8 aromatic carbocycles. The van der Waals surface area contributed by atoms with E-state index in [1.807, 2.05) is 30.8 Å². The number of rotatable bonds is 14. The molecule has 0 heterocycles. The van der Waals surface area contributed by atoms with Gasteiger partial charge in [0.25, 0.3) is 0 Å². The highest BCUT2D eigenvalue weighted by molar-refractivity contribution is 7.02. The Hall–Kier alpha value is -4.53. The average molecular weight is 819 g/mol. The molecule has 0 fully saturated rings. The van der Waals surface area contributed by atoms with Crippen molar-refractivity contribution in [1.82, 2.24) is 0 Å². The lowest BCUT2D eigenvalue weighted by atomic mass is 10.1. The second-order valence-corrected chi connectivity index (χ2v) is 28.0. The quantitative estimate of drug-likeness (QED) is 0.0876. The molecular weight excluding hydrogens is 769 g/mol. The van der Waals surface area contributed by atoms with Gasteiger partial charge in [-0.05, 0) is 75.7 Å². The topological polar surface area (TPSA) is 57.2 Å². The smallest absolute Gasteiger partial charge is 0.361 e. The van der Waals surface area contributed by atoms with E-state index in [4.69, 9.17) is 16.8 Å². The molecule has 0 saturated heterocycles. The van der Waals surface area contributed by atoms with Crippen molar-refractivity contribution < 1.29 is 21.6 Å². The van der Waals surface area contributed by atoms with Crippen molar-refractivity contribution in [2.75, 3.05) is 6.61 Å². The van der Waals surface area contributed by atoms with Crippen LogP contribution in [0.3, 0.4) is 0 Å². The first-order chi connectivity index (χ1) is 27.5. The largest absolute Gasteiger partial charge is 0.409 e. The molecule has 0 spiro atoms. The fraction of sp³-hybridized carbons (Fsp3) is 0.167. The molecule has 57 heavy (non-hydrogen) atoms. The number of fused-ring (bicyclic) bond motifs is 4. The molecule has 0 saturated carbocycles. The van der Waals surface area contributed by atoms with Gasteiger partial charge in [0.2, 0.25) is 0 Å². The molecular formula is C48H50O5Si4. The SMILES string of the molecule is CCCCO[Si](C)(O[Si](C)(O[Si](C)(O[Si](C)(O)c1cccc2ccccc12)c1cccc2ccccc12)c1cccc2ccccc12)c1cccc2ccccc12. The first-order valence-corrected chi connectivity index (χ1v) is 29.2. The minimum Gasteiger partial charge on any atom is -0.409 e.